The van der Waals surface area contributed by atoms with E-state index in [0.29, 0.717) is 6.54 Å². The fourth-order valence-corrected chi connectivity index (χ4v) is 2.35. The number of anilines is 1. The van der Waals surface area contributed by atoms with Crippen molar-refractivity contribution in [3.8, 4) is 5.75 Å². The Kier molecular flexibility index (Phi) is 4.14. The minimum atomic E-state index is -0.526. The molecule has 0 radical (unpaired) electrons. The van der Waals surface area contributed by atoms with E-state index in [2.05, 4.69) is 5.32 Å². The second kappa shape index (κ2) is 5.56. The Hall–Kier alpha value is -1.75. The summed E-state index contributed by atoms with van der Waals surface area (Å²) < 4.78 is 10.6. The fraction of sp³-hybridized carbons (Fsp3) is 0.562. The number of amides is 1. The van der Waals surface area contributed by atoms with Crippen LogP contribution in [0, 0.1) is 0 Å². The van der Waals surface area contributed by atoms with Gasteiger partial charge in [-0.25, -0.2) is 4.79 Å². The largest absolute Gasteiger partial charge is 0.497 e. The number of benzene rings is 1. The third-order valence-corrected chi connectivity index (χ3v) is 3.68. The van der Waals surface area contributed by atoms with Gasteiger partial charge >= 0.3 is 6.09 Å². The molecule has 1 aromatic rings. The highest BCUT2D eigenvalue weighted by Gasteiger charge is 2.44. The molecule has 116 valence electrons. The van der Waals surface area contributed by atoms with Crippen LogP contribution in [-0.4, -0.2) is 25.3 Å². The lowest BCUT2D eigenvalue weighted by Crippen LogP contribution is -2.28. The number of nitrogens with one attached hydrogen (secondary N) is 1. The molecular weight excluding hydrogens is 268 g/mol. The van der Waals surface area contributed by atoms with Crippen LogP contribution in [0.3, 0.4) is 0 Å². The van der Waals surface area contributed by atoms with Gasteiger partial charge in [0.25, 0.3) is 0 Å². The van der Waals surface area contributed by atoms with E-state index in [0.717, 1.165) is 29.8 Å². The van der Waals surface area contributed by atoms with Gasteiger partial charge in [-0.1, -0.05) is 0 Å². The highest BCUT2D eigenvalue weighted by atomic mass is 16.6. The number of ether oxygens (including phenoxy) is 2. The van der Waals surface area contributed by atoms with Crippen molar-refractivity contribution in [3.63, 3.8) is 0 Å². The first-order chi connectivity index (χ1) is 9.79. The standard InChI is InChI=1S/C16H24N2O3/c1-15(2,3)21-14(19)18-13-6-5-11(20-4)9-12(13)16(10-17)7-8-16/h5-6,9H,7-8,10,17H2,1-4H3,(H,18,19). The summed E-state index contributed by atoms with van der Waals surface area (Å²) in [5.74, 6) is 0.763. The molecule has 2 rings (SSSR count). The van der Waals surface area contributed by atoms with Crippen LogP contribution >= 0.6 is 0 Å². The van der Waals surface area contributed by atoms with Crippen molar-refractivity contribution >= 4 is 11.8 Å². The van der Waals surface area contributed by atoms with Gasteiger partial charge in [-0.3, -0.25) is 5.32 Å². The third-order valence-electron chi connectivity index (χ3n) is 3.68. The van der Waals surface area contributed by atoms with E-state index in [-0.39, 0.29) is 5.41 Å². The predicted octanol–water partition coefficient (Wildman–Crippen LogP) is 3.03. The van der Waals surface area contributed by atoms with E-state index in [1.54, 1.807) is 7.11 Å². The maximum Gasteiger partial charge on any atom is 0.412 e. The summed E-state index contributed by atoms with van der Waals surface area (Å²) in [4.78, 5) is 12.0. The van der Waals surface area contributed by atoms with Crippen LogP contribution in [0.15, 0.2) is 18.2 Å². The summed E-state index contributed by atoms with van der Waals surface area (Å²) in [5.41, 5.74) is 7.11. The number of rotatable bonds is 4. The molecule has 5 heteroatoms. The minimum absolute atomic E-state index is 0.0428. The van der Waals surface area contributed by atoms with Gasteiger partial charge in [-0.15, -0.1) is 0 Å². The first kappa shape index (κ1) is 15.6. The van der Waals surface area contributed by atoms with E-state index in [1.165, 1.54) is 0 Å². The molecule has 0 saturated heterocycles. The Morgan fingerprint density at radius 3 is 2.52 bits per heavy atom. The summed E-state index contributed by atoms with van der Waals surface area (Å²) in [6.45, 7) is 6.07. The number of hydrogen-bond donors (Lipinski definition) is 2. The average molecular weight is 292 g/mol. The van der Waals surface area contributed by atoms with Gasteiger partial charge < -0.3 is 15.2 Å². The molecule has 1 saturated carbocycles. The van der Waals surface area contributed by atoms with Gasteiger partial charge in [0.1, 0.15) is 11.4 Å². The lowest BCUT2D eigenvalue weighted by molar-refractivity contribution is 0.0635. The predicted molar refractivity (Wildman–Crippen MR) is 82.8 cm³/mol. The Balaban J connectivity index is 2.25. The van der Waals surface area contributed by atoms with Crippen LogP contribution in [-0.2, 0) is 10.2 Å². The highest BCUT2D eigenvalue weighted by molar-refractivity contribution is 5.86. The molecule has 0 heterocycles. The number of nitrogens with two attached hydrogens (primary N) is 1. The molecule has 5 nitrogen and oxygen atoms in total. The average Bonchev–Trinajstić information content (AvgIpc) is 3.18. The van der Waals surface area contributed by atoms with E-state index in [4.69, 9.17) is 15.2 Å². The number of methoxy groups -OCH3 is 1. The molecule has 1 fully saturated rings. The van der Waals surface area contributed by atoms with E-state index in [9.17, 15) is 4.79 Å². The van der Waals surface area contributed by atoms with Gasteiger partial charge in [-0.2, -0.15) is 0 Å². The molecule has 3 N–H and O–H groups in total. The molecule has 0 spiro atoms. The van der Waals surface area contributed by atoms with Crippen LogP contribution in [0.2, 0.25) is 0 Å². The van der Waals surface area contributed by atoms with Gasteiger partial charge in [0, 0.05) is 17.6 Å². The summed E-state index contributed by atoms with van der Waals surface area (Å²) in [6, 6.07) is 5.61. The monoisotopic (exact) mass is 292 g/mol. The molecule has 0 atom stereocenters. The molecule has 1 aliphatic carbocycles. The van der Waals surface area contributed by atoms with Crippen LogP contribution < -0.4 is 15.8 Å². The molecule has 21 heavy (non-hydrogen) atoms. The number of carbonyl (C=O) groups excluding carboxylic acids is 1. The molecule has 1 amide bonds. The van der Waals surface area contributed by atoms with E-state index in [1.807, 2.05) is 39.0 Å². The maximum absolute atomic E-state index is 12.0. The maximum atomic E-state index is 12.0. The minimum Gasteiger partial charge on any atom is -0.497 e. The lowest BCUT2D eigenvalue weighted by Gasteiger charge is -2.22. The van der Waals surface area contributed by atoms with Crippen molar-refractivity contribution < 1.29 is 14.3 Å². The first-order valence-electron chi connectivity index (χ1n) is 7.18. The summed E-state index contributed by atoms with van der Waals surface area (Å²) in [6.07, 6.45) is 1.60. The summed E-state index contributed by atoms with van der Waals surface area (Å²) in [5, 5.41) is 2.83. The molecule has 0 aliphatic heterocycles. The SMILES string of the molecule is COc1ccc(NC(=O)OC(C)(C)C)c(C2(CN)CC2)c1. The molecular formula is C16H24N2O3. The molecule has 0 unspecified atom stereocenters. The third kappa shape index (κ3) is 3.67. The topological polar surface area (TPSA) is 73.6 Å². The Bertz CT molecular complexity index is 531. The highest BCUT2D eigenvalue weighted by Crippen LogP contribution is 2.50. The lowest BCUT2D eigenvalue weighted by atomic mass is 9.94. The van der Waals surface area contributed by atoms with Gasteiger partial charge in [0.15, 0.2) is 0 Å². The molecule has 1 aromatic carbocycles. The summed E-state index contributed by atoms with van der Waals surface area (Å²) >= 11 is 0. The summed E-state index contributed by atoms with van der Waals surface area (Å²) in [7, 11) is 1.63. The van der Waals surface area contributed by atoms with Crippen LogP contribution in [0.5, 0.6) is 5.75 Å². The van der Waals surface area contributed by atoms with Crippen molar-refractivity contribution in [2.45, 2.75) is 44.6 Å². The Morgan fingerprint density at radius 1 is 1.38 bits per heavy atom. The zero-order chi connectivity index (χ0) is 15.7. The second-order valence-electron chi connectivity index (χ2n) is 6.52. The smallest absolute Gasteiger partial charge is 0.412 e. The number of carbonyl (C=O) groups is 1. The zero-order valence-corrected chi connectivity index (χ0v) is 13.2. The van der Waals surface area contributed by atoms with Crippen molar-refractivity contribution in [3.05, 3.63) is 23.8 Å². The van der Waals surface area contributed by atoms with Crippen molar-refractivity contribution in [2.24, 2.45) is 5.73 Å². The van der Waals surface area contributed by atoms with Crippen molar-refractivity contribution in [1.29, 1.82) is 0 Å². The van der Waals surface area contributed by atoms with Crippen LogP contribution in [0.4, 0.5) is 10.5 Å². The van der Waals surface area contributed by atoms with Gasteiger partial charge in [-0.05, 0) is 57.4 Å². The molecule has 0 aromatic heterocycles. The van der Waals surface area contributed by atoms with Crippen molar-refractivity contribution in [1.82, 2.24) is 0 Å². The number of hydrogen-bond acceptors (Lipinski definition) is 4. The van der Waals surface area contributed by atoms with Crippen molar-refractivity contribution in [2.75, 3.05) is 19.0 Å². The van der Waals surface area contributed by atoms with Crippen LogP contribution in [0.1, 0.15) is 39.2 Å². The van der Waals surface area contributed by atoms with E-state index >= 15 is 0 Å². The van der Waals surface area contributed by atoms with Gasteiger partial charge in [0.05, 0.1) is 7.11 Å². The second-order valence-corrected chi connectivity index (χ2v) is 6.52. The first-order valence-corrected chi connectivity index (χ1v) is 7.18. The van der Waals surface area contributed by atoms with Crippen LogP contribution in [0.25, 0.3) is 0 Å². The molecule has 0 bridgehead atoms. The molecule has 1 aliphatic rings. The Labute approximate surface area is 125 Å². The van der Waals surface area contributed by atoms with E-state index < -0.39 is 11.7 Å². The zero-order valence-electron chi connectivity index (χ0n) is 13.2. The normalized spacial score (nSPS) is 16.2. The van der Waals surface area contributed by atoms with Gasteiger partial charge in [0.2, 0.25) is 0 Å². The quantitative estimate of drug-likeness (QED) is 0.894. The fourth-order valence-electron chi connectivity index (χ4n) is 2.35. The Morgan fingerprint density at radius 2 is 2.05 bits per heavy atom.